The highest BCUT2D eigenvalue weighted by Crippen LogP contribution is 2.42. The van der Waals surface area contributed by atoms with E-state index < -0.39 is 11.7 Å². The van der Waals surface area contributed by atoms with E-state index in [9.17, 15) is 9.18 Å². The average Bonchev–Trinajstić information content (AvgIpc) is 2.80. The largest absolute Gasteiger partial charge is 0.366 e. The van der Waals surface area contributed by atoms with E-state index in [0.29, 0.717) is 17.2 Å². The molecule has 0 spiro atoms. The molecule has 0 aliphatic carbocycles. The SMILES string of the molecule is CC1(/C(C=N)=C2\Nc3cc(F)cc(C(N)=O)c3N2)CCCNCC1. The zero-order valence-electron chi connectivity index (χ0n) is 13.6. The van der Waals surface area contributed by atoms with Gasteiger partial charge in [-0.25, -0.2) is 4.39 Å². The summed E-state index contributed by atoms with van der Waals surface area (Å²) in [6.45, 7) is 3.98. The second kappa shape index (κ2) is 6.24. The number of fused-ring (bicyclic) bond motifs is 1. The Morgan fingerprint density at radius 3 is 2.83 bits per heavy atom. The molecule has 2 heterocycles. The summed E-state index contributed by atoms with van der Waals surface area (Å²) in [4.78, 5) is 11.6. The first-order valence-corrected chi connectivity index (χ1v) is 8.08. The predicted molar refractivity (Wildman–Crippen MR) is 92.8 cm³/mol. The van der Waals surface area contributed by atoms with E-state index >= 15 is 0 Å². The standard InChI is InChI=1S/C17H22FN5O/c1-17(3-2-5-21-6-4-17)12(9-19)16-22-13-8-10(18)7-11(15(20)24)14(13)23-16/h7-9,19,21-23H,2-6H2,1H3,(H2,20,24)/b16-12+,19-9?. The van der Waals surface area contributed by atoms with Crippen molar-refractivity contribution < 1.29 is 9.18 Å². The van der Waals surface area contributed by atoms with Gasteiger partial charge in [-0.15, -0.1) is 0 Å². The highest BCUT2D eigenvalue weighted by Gasteiger charge is 2.34. The fourth-order valence-electron chi connectivity index (χ4n) is 3.50. The summed E-state index contributed by atoms with van der Waals surface area (Å²) >= 11 is 0. The number of nitrogens with one attached hydrogen (secondary N) is 4. The molecule has 6 N–H and O–H groups in total. The number of anilines is 2. The van der Waals surface area contributed by atoms with Gasteiger partial charge in [0.25, 0.3) is 5.91 Å². The van der Waals surface area contributed by atoms with Gasteiger partial charge in [0.2, 0.25) is 0 Å². The Bertz CT molecular complexity index is 720. The van der Waals surface area contributed by atoms with Crippen LogP contribution in [-0.4, -0.2) is 25.2 Å². The molecule has 0 bridgehead atoms. The van der Waals surface area contributed by atoms with E-state index in [1.165, 1.54) is 12.3 Å². The van der Waals surface area contributed by atoms with Gasteiger partial charge >= 0.3 is 0 Å². The molecule has 1 atom stereocenters. The van der Waals surface area contributed by atoms with Gasteiger partial charge < -0.3 is 27.1 Å². The van der Waals surface area contributed by atoms with Crippen LogP contribution in [0.15, 0.2) is 23.5 Å². The second-order valence-electron chi connectivity index (χ2n) is 6.59. The molecule has 1 fully saturated rings. The van der Waals surface area contributed by atoms with Crippen LogP contribution < -0.4 is 21.7 Å². The molecular weight excluding hydrogens is 309 g/mol. The zero-order chi connectivity index (χ0) is 17.3. The van der Waals surface area contributed by atoms with Crippen LogP contribution in [-0.2, 0) is 0 Å². The molecule has 0 radical (unpaired) electrons. The van der Waals surface area contributed by atoms with Crippen LogP contribution in [0.2, 0.25) is 0 Å². The Hall–Kier alpha value is -2.41. The molecule has 128 valence electrons. The van der Waals surface area contributed by atoms with Crippen LogP contribution >= 0.6 is 0 Å². The maximum absolute atomic E-state index is 13.7. The highest BCUT2D eigenvalue weighted by atomic mass is 19.1. The lowest BCUT2D eigenvalue weighted by Crippen LogP contribution is -2.26. The number of allylic oxidation sites excluding steroid dienone is 1. The Kier molecular flexibility index (Phi) is 4.28. The minimum Gasteiger partial charge on any atom is -0.366 e. The Labute approximate surface area is 140 Å². The van der Waals surface area contributed by atoms with Gasteiger partial charge in [-0.3, -0.25) is 4.79 Å². The first-order valence-electron chi connectivity index (χ1n) is 8.08. The molecule has 2 aliphatic heterocycles. The van der Waals surface area contributed by atoms with Crippen LogP contribution in [0.4, 0.5) is 15.8 Å². The molecule has 1 saturated heterocycles. The lowest BCUT2D eigenvalue weighted by molar-refractivity contribution is 0.100. The van der Waals surface area contributed by atoms with Gasteiger partial charge in [-0.1, -0.05) is 6.92 Å². The third-order valence-corrected chi connectivity index (χ3v) is 4.88. The zero-order valence-corrected chi connectivity index (χ0v) is 13.6. The normalized spacial score (nSPS) is 25.1. The molecule has 1 amide bonds. The molecule has 1 aromatic carbocycles. The molecular formula is C17H22FN5O. The van der Waals surface area contributed by atoms with Crippen molar-refractivity contribution in [3.8, 4) is 0 Å². The summed E-state index contributed by atoms with van der Waals surface area (Å²) in [5.41, 5.74) is 7.04. The van der Waals surface area contributed by atoms with Crippen molar-refractivity contribution in [3.05, 3.63) is 34.9 Å². The van der Waals surface area contributed by atoms with Gasteiger partial charge in [0.1, 0.15) is 11.6 Å². The molecule has 1 aromatic rings. The van der Waals surface area contributed by atoms with Gasteiger partial charge in [-0.2, -0.15) is 0 Å². The highest BCUT2D eigenvalue weighted by molar-refractivity contribution is 6.04. The maximum atomic E-state index is 13.7. The quantitative estimate of drug-likeness (QED) is 0.549. The van der Waals surface area contributed by atoms with Gasteiger partial charge in [0.05, 0.1) is 16.9 Å². The minimum atomic E-state index is -0.692. The van der Waals surface area contributed by atoms with E-state index in [4.69, 9.17) is 11.1 Å². The third kappa shape index (κ3) is 2.87. The number of benzene rings is 1. The second-order valence-corrected chi connectivity index (χ2v) is 6.59. The number of carbonyl (C=O) groups excluding carboxylic acids is 1. The van der Waals surface area contributed by atoms with Crippen LogP contribution in [0, 0.1) is 16.6 Å². The van der Waals surface area contributed by atoms with Crippen molar-refractivity contribution >= 4 is 23.5 Å². The fraction of sp³-hybridized carbons (Fsp3) is 0.412. The first kappa shape index (κ1) is 16.4. The predicted octanol–water partition coefficient (Wildman–Crippen LogP) is 2.40. The van der Waals surface area contributed by atoms with Crippen molar-refractivity contribution in [2.45, 2.75) is 26.2 Å². The van der Waals surface area contributed by atoms with Gasteiger partial charge in [0.15, 0.2) is 0 Å². The number of carbonyl (C=O) groups is 1. The summed E-state index contributed by atoms with van der Waals surface area (Å²) in [6, 6.07) is 2.44. The molecule has 2 aliphatic rings. The van der Waals surface area contributed by atoms with Crippen molar-refractivity contribution in [2.24, 2.45) is 11.1 Å². The third-order valence-electron chi connectivity index (χ3n) is 4.88. The topological polar surface area (TPSA) is 103 Å². The number of hydrogen-bond acceptors (Lipinski definition) is 5. The summed E-state index contributed by atoms with van der Waals surface area (Å²) in [6.07, 6.45) is 4.21. The monoisotopic (exact) mass is 331 g/mol. The Morgan fingerprint density at radius 1 is 1.33 bits per heavy atom. The van der Waals surface area contributed by atoms with Crippen molar-refractivity contribution in [1.29, 1.82) is 5.41 Å². The maximum Gasteiger partial charge on any atom is 0.250 e. The Morgan fingerprint density at radius 2 is 2.12 bits per heavy atom. The smallest absolute Gasteiger partial charge is 0.250 e. The summed E-state index contributed by atoms with van der Waals surface area (Å²) in [7, 11) is 0. The van der Waals surface area contributed by atoms with Crippen molar-refractivity contribution in [1.82, 2.24) is 5.32 Å². The van der Waals surface area contributed by atoms with Gasteiger partial charge in [-0.05, 0) is 49.9 Å². The number of amides is 1. The van der Waals surface area contributed by atoms with E-state index in [2.05, 4.69) is 22.9 Å². The lowest BCUT2D eigenvalue weighted by Gasteiger charge is -2.30. The first-order chi connectivity index (χ1) is 11.4. The van der Waals surface area contributed by atoms with Crippen LogP contribution in [0.25, 0.3) is 0 Å². The molecule has 0 saturated carbocycles. The van der Waals surface area contributed by atoms with Crippen molar-refractivity contribution in [2.75, 3.05) is 23.7 Å². The van der Waals surface area contributed by atoms with Gasteiger partial charge in [0, 0.05) is 11.8 Å². The lowest BCUT2D eigenvalue weighted by atomic mass is 9.76. The molecule has 1 unspecified atom stereocenters. The van der Waals surface area contributed by atoms with Crippen LogP contribution in [0.1, 0.15) is 36.5 Å². The number of nitrogens with two attached hydrogens (primary N) is 1. The van der Waals surface area contributed by atoms with E-state index in [1.807, 2.05) is 0 Å². The number of primary amides is 1. The van der Waals surface area contributed by atoms with E-state index in [1.54, 1.807) is 0 Å². The molecule has 0 aromatic heterocycles. The summed E-state index contributed by atoms with van der Waals surface area (Å²) < 4.78 is 13.7. The van der Waals surface area contributed by atoms with Crippen LogP contribution in [0.5, 0.6) is 0 Å². The minimum absolute atomic E-state index is 0.101. The van der Waals surface area contributed by atoms with E-state index in [-0.39, 0.29) is 11.0 Å². The number of rotatable bonds is 3. The molecule has 7 heteroatoms. The van der Waals surface area contributed by atoms with E-state index in [0.717, 1.165) is 44.0 Å². The van der Waals surface area contributed by atoms with Crippen molar-refractivity contribution in [3.63, 3.8) is 0 Å². The fourth-order valence-corrected chi connectivity index (χ4v) is 3.50. The molecule has 3 rings (SSSR count). The average molecular weight is 331 g/mol. The molecule has 6 nitrogen and oxygen atoms in total. The molecule has 24 heavy (non-hydrogen) atoms. The van der Waals surface area contributed by atoms with Crippen LogP contribution in [0.3, 0.4) is 0 Å². The number of halogens is 1. The Balaban J connectivity index is 2.03. The number of hydrogen-bond donors (Lipinski definition) is 5. The summed E-state index contributed by atoms with van der Waals surface area (Å²) in [5.74, 6) is -0.598. The summed E-state index contributed by atoms with van der Waals surface area (Å²) in [5, 5.41) is 17.5.